The maximum Gasteiger partial charge on any atom is 0.330 e. The highest BCUT2D eigenvalue weighted by Gasteiger charge is 2.64. The summed E-state index contributed by atoms with van der Waals surface area (Å²) in [5.74, 6) is 0. The molecule has 2 fully saturated rings. The van der Waals surface area contributed by atoms with Crippen LogP contribution in [0.5, 0.6) is 0 Å². The molecule has 0 unspecified atom stereocenters. The van der Waals surface area contributed by atoms with Gasteiger partial charge in [0.2, 0.25) is 0 Å². The Morgan fingerprint density at radius 3 is 2.33 bits per heavy atom. The molecule has 3 atom stereocenters. The highest BCUT2D eigenvalue weighted by molar-refractivity contribution is 5.50. The lowest BCUT2D eigenvalue weighted by Gasteiger charge is -2.37. The molecule has 1 spiro atoms. The van der Waals surface area contributed by atoms with Gasteiger partial charge in [-0.25, -0.2) is 4.79 Å². The van der Waals surface area contributed by atoms with Gasteiger partial charge in [-0.1, -0.05) is 91.5 Å². The molecule has 8 heteroatoms. The number of aliphatic hydroxyl groups is 1. The minimum Gasteiger partial charge on any atom is -0.390 e. The molecule has 5 rings (SSSR count). The van der Waals surface area contributed by atoms with E-state index in [2.05, 4.69) is 11.6 Å². The van der Waals surface area contributed by atoms with Gasteiger partial charge < -0.3 is 19.3 Å². The van der Waals surface area contributed by atoms with Crippen molar-refractivity contribution in [3.8, 4) is 0 Å². The summed E-state index contributed by atoms with van der Waals surface area (Å²) in [6.07, 6.45) is 8.02. The lowest BCUT2D eigenvalue weighted by atomic mass is 9.79. The molecule has 0 radical (unpaired) electrons. The summed E-state index contributed by atoms with van der Waals surface area (Å²) in [4.78, 5) is 26.5. The summed E-state index contributed by atoms with van der Waals surface area (Å²) in [5, 5.41) is 11.5. The average Bonchev–Trinajstić information content (AvgIpc) is 3.73. The first-order valence-corrected chi connectivity index (χ1v) is 13.3. The van der Waals surface area contributed by atoms with Gasteiger partial charge in [-0.2, -0.15) is 0 Å². The molecule has 1 saturated heterocycles. The molecule has 1 aliphatic heterocycles. The largest absolute Gasteiger partial charge is 0.390 e. The topological polar surface area (TPSA) is 103 Å². The van der Waals surface area contributed by atoms with Crippen molar-refractivity contribution in [1.82, 2.24) is 9.55 Å². The lowest BCUT2D eigenvalue weighted by molar-refractivity contribution is -0.0952. The summed E-state index contributed by atoms with van der Waals surface area (Å²) >= 11 is 0. The number of rotatable bonds is 11. The van der Waals surface area contributed by atoms with E-state index in [0.29, 0.717) is 19.4 Å². The van der Waals surface area contributed by atoms with Gasteiger partial charge in [-0.05, 0) is 29.5 Å². The zero-order chi connectivity index (χ0) is 28.2. The molecule has 1 aliphatic carbocycles. The second kappa shape index (κ2) is 11.7. The number of hydrogen-bond donors (Lipinski definition) is 2. The van der Waals surface area contributed by atoms with Crippen molar-refractivity contribution in [3.63, 3.8) is 0 Å². The predicted molar refractivity (Wildman–Crippen MR) is 152 cm³/mol. The molecule has 3 aromatic rings. The van der Waals surface area contributed by atoms with E-state index in [1.807, 2.05) is 78.9 Å². The van der Waals surface area contributed by atoms with Crippen LogP contribution in [0.25, 0.3) is 0 Å². The molecular weight excluding hydrogens is 508 g/mol. The minimum atomic E-state index is -1.08. The van der Waals surface area contributed by atoms with Gasteiger partial charge in [0.1, 0.15) is 17.9 Å². The van der Waals surface area contributed by atoms with Crippen LogP contribution in [0, 0.1) is 5.41 Å². The Hall–Kier alpha value is -3.82. The van der Waals surface area contributed by atoms with Crippen LogP contribution in [0.4, 0.5) is 0 Å². The van der Waals surface area contributed by atoms with Crippen LogP contribution >= 0.6 is 0 Å². The van der Waals surface area contributed by atoms with Crippen molar-refractivity contribution >= 4 is 0 Å². The second-order valence-corrected chi connectivity index (χ2v) is 10.2. The normalized spacial score (nSPS) is 22.1. The van der Waals surface area contributed by atoms with Crippen LogP contribution < -0.4 is 11.2 Å². The maximum absolute atomic E-state index is 12.6. The van der Waals surface area contributed by atoms with Crippen LogP contribution in [0.15, 0.2) is 119 Å². The van der Waals surface area contributed by atoms with E-state index in [-0.39, 0.29) is 6.61 Å². The number of nitrogens with zero attached hydrogens (tertiary/aromatic N) is 1. The van der Waals surface area contributed by atoms with E-state index in [9.17, 15) is 14.7 Å². The van der Waals surface area contributed by atoms with E-state index in [4.69, 9.17) is 14.2 Å². The number of ether oxygens (including phenoxy) is 3. The molecule has 8 nitrogen and oxygen atoms in total. The van der Waals surface area contributed by atoms with Crippen molar-refractivity contribution in [2.45, 2.75) is 36.9 Å². The first-order chi connectivity index (χ1) is 19.5. The Bertz CT molecular complexity index is 1450. The maximum atomic E-state index is 12.6. The van der Waals surface area contributed by atoms with Crippen LogP contribution in [-0.2, 0) is 19.8 Å². The van der Waals surface area contributed by atoms with E-state index in [1.54, 1.807) is 13.2 Å². The van der Waals surface area contributed by atoms with Crippen molar-refractivity contribution in [2.24, 2.45) is 5.41 Å². The molecule has 208 valence electrons. The van der Waals surface area contributed by atoms with E-state index in [0.717, 1.165) is 16.7 Å². The number of aromatic amines is 1. The van der Waals surface area contributed by atoms with E-state index < -0.39 is 40.7 Å². The number of H-pyrrole nitrogens is 1. The Morgan fingerprint density at radius 1 is 1.12 bits per heavy atom. The number of aliphatic hydroxyl groups excluding tert-OH is 1. The zero-order valence-electron chi connectivity index (χ0n) is 22.4. The van der Waals surface area contributed by atoms with Crippen LogP contribution in [0.2, 0.25) is 0 Å². The number of aromatic nitrogens is 2. The van der Waals surface area contributed by atoms with Crippen molar-refractivity contribution < 1.29 is 19.3 Å². The first-order valence-electron chi connectivity index (χ1n) is 13.3. The lowest BCUT2D eigenvalue weighted by Crippen LogP contribution is -2.39. The van der Waals surface area contributed by atoms with E-state index >= 15 is 0 Å². The van der Waals surface area contributed by atoms with Crippen molar-refractivity contribution in [3.05, 3.63) is 141 Å². The van der Waals surface area contributed by atoms with Crippen LogP contribution in [-0.4, -0.2) is 47.2 Å². The Morgan fingerprint density at radius 2 is 1.77 bits per heavy atom. The second-order valence-electron chi connectivity index (χ2n) is 10.2. The molecule has 0 bridgehead atoms. The first kappa shape index (κ1) is 27.7. The SMILES string of the molecule is C=C/C=C(\C=C/COC)C(OC[C@H]1O[C@@H](n2ccc(=O)[nH]c2=O)C2(CC2)[C@@H]1O)(c1ccccc1)c1ccccc1. The number of allylic oxidation sites excluding steroid dienone is 2. The number of benzene rings is 2. The molecule has 1 saturated carbocycles. The quantitative estimate of drug-likeness (QED) is 0.357. The number of nitrogens with one attached hydrogen (secondary N) is 1. The molecule has 2 aromatic carbocycles. The molecule has 2 N–H and O–H groups in total. The fourth-order valence-electron chi connectivity index (χ4n) is 5.66. The summed E-state index contributed by atoms with van der Waals surface area (Å²) in [6.45, 7) is 4.39. The van der Waals surface area contributed by atoms with Gasteiger partial charge in [0, 0.05) is 24.8 Å². The zero-order valence-corrected chi connectivity index (χ0v) is 22.4. The Kier molecular flexibility index (Phi) is 8.14. The molecular formula is C32H34N2O6. The number of methoxy groups -OCH3 is 1. The summed E-state index contributed by atoms with van der Waals surface area (Å²) < 4.78 is 19.9. The number of hydrogen-bond acceptors (Lipinski definition) is 6. The molecule has 0 amide bonds. The van der Waals surface area contributed by atoms with Crippen molar-refractivity contribution in [2.75, 3.05) is 20.3 Å². The minimum absolute atomic E-state index is 0.0356. The van der Waals surface area contributed by atoms with Gasteiger partial charge >= 0.3 is 5.69 Å². The van der Waals surface area contributed by atoms with Crippen LogP contribution in [0.3, 0.4) is 0 Å². The Balaban J connectivity index is 1.56. The third-order valence-electron chi connectivity index (χ3n) is 7.76. The van der Waals surface area contributed by atoms with Crippen molar-refractivity contribution in [1.29, 1.82) is 0 Å². The smallest absolute Gasteiger partial charge is 0.330 e. The average molecular weight is 543 g/mol. The summed E-state index contributed by atoms with van der Waals surface area (Å²) in [7, 11) is 1.63. The predicted octanol–water partition coefficient (Wildman–Crippen LogP) is 3.85. The standard InChI is InChI=1S/C32H34N2O6/c1-3-11-23(16-10-21-38-2)32(24-12-6-4-7-13-24,25-14-8-5-9-15-25)39-22-26-28(36)31(18-19-31)29(40-26)34-20-17-27(35)33-30(34)37/h3-17,20,26,28-29,36H,1,18-19,21-22H2,2H3,(H,33,35,37)/b16-10-,23-11+/t26-,28-,29-/m1/s1. The highest BCUT2D eigenvalue weighted by Crippen LogP contribution is 2.62. The molecule has 1 aromatic heterocycles. The third-order valence-corrected chi connectivity index (χ3v) is 7.76. The highest BCUT2D eigenvalue weighted by atomic mass is 16.6. The molecule has 2 aliphatic rings. The fourth-order valence-corrected chi connectivity index (χ4v) is 5.66. The fraction of sp³-hybridized carbons (Fsp3) is 0.312. The van der Waals surface area contributed by atoms with Gasteiger partial charge in [-0.15, -0.1) is 0 Å². The molecule has 2 heterocycles. The molecule has 40 heavy (non-hydrogen) atoms. The third kappa shape index (κ3) is 5.07. The van der Waals surface area contributed by atoms with Gasteiger partial charge in [0.25, 0.3) is 5.56 Å². The monoisotopic (exact) mass is 542 g/mol. The summed E-state index contributed by atoms with van der Waals surface area (Å²) in [5.41, 5.74) is -0.150. The van der Waals surface area contributed by atoms with Gasteiger partial charge in [-0.3, -0.25) is 14.3 Å². The van der Waals surface area contributed by atoms with E-state index in [1.165, 1.54) is 16.8 Å². The Labute approximate surface area is 232 Å². The summed E-state index contributed by atoms with van der Waals surface area (Å²) in [6, 6.07) is 21.0. The van der Waals surface area contributed by atoms with Gasteiger partial charge in [0.05, 0.1) is 19.3 Å². The van der Waals surface area contributed by atoms with Gasteiger partial charge in [0.15, 0.2) is 0 Å². The van der Waals surface area contributed by atoms with Crippen LogP contribution in [0.1, 0.15) is 30.2 Å².